The zero-order chi connectivity index (χ0) is 86.7. The lowest BCUT2D eigenvalue weighted by Crippen LogP contribution is -2.62. The Balaban J connectivity index is 0.864. The first-order chi connectivity index (χ1) is 60.6. The van der Waals surface area contributed by atoms with Crippen molar-refractivity contribution in [2.75, 3.05) is 16.3 Å². The highest BCUT2D eigenvalue weighted by Gasteiger charge is 2.44. The van der Waals surface area contributed by atoms with Crippen molar-refractivity contribution in [1.29, 1.82) is 0 Å². The molecule has 0 spiro atoms. The normalized spacial score (nSPS) is 13.5. The molecule has 2 aliphatic heterocycles. The van der Waals surface area contributed by atoms with Crippen LogP contribution in [-0.2, 0) is 41.0 Å². The minimum absolute atomic E-state index is 0.0683. The van der Waals surface area contributed by atoms with Crippen molar-refractivity contribution in [3.63, 3.8) is 0 Å². The van der Waals surface area contributed by atoms with Crippen LogP contribution in [0.5, 0.6) is 0 Å². The number of hydrogen-bond acceptors (Lipinski definition) is 2. The van der Waals surface area contributed by atoms with Gasteiger partial charge in [-0.3, -0.25) is 0 Å². The molecule has 2 aliphatic rings. The summed E-state index contributed by atoms with van der Waals surface area (Å²) in [5.74, 6) is 0. The van der Waals surface area contributed by atoms with Gasteiger partial charge in [0.2, 0.25) is 0 Å². The first-order valence-electron chi connectivity index (χ1n) is 45.4. The lowest BCUT2D eigenvalue weighted by Gasteiger charge is -2.45. The van der Waals surface area contributed by atoms with Crippen LogP contribution in [0, 0.1) is 0 Å². The average molecular weight is 1580 g/mol. The number of rotatable bonds is 14. The van der Waals surface area contributed by atoms with Gasteiger partial charge in [-0.1, -0.05) is 320 Å². The van der Waals surface area contributed by atoms with Gasteiger partial charge in [-0.15, -0.1) is 0 Å². The van der Waals surface area contributed by atoms with Gasteiger partial charge in [-0.2, -0.15) is 0 Å². The standard InChI is InChI=1S/C116H102BN5/c1-113(2,3)87-46-52-106-97(70-87)98-71-88(114(4,5)6)47-53-107(98)121(106)92-48-51-100-108(73-92)118(56-55-76-58-83(79-31-17-13-18-32-79)65-84(59-76)80-33-19-14-20-34-80)110-63-78(74-119-102-42-28-25-41-96(102)99-72-91(49-54-103(99)119)120-104-43-29-26-39-94(104)95-40-27-30-44-105(95)120)64-111-112(110)117(100)101-50-45-75(57-77-60-89(115(7,8)9)69-90(61-77)116(10,11)12)62-109(101)122(111)93-67-85(81-35-21-15-22-36-81)66-86(68-93)82-37-23-16-24-38-82/h13-54,58-73H,55-57,74H2,1-12H3/i25D,28D,41D,42D. The molecule has 0 unspecified atom stereocenters. The monoisotopic (exact) mass is 1580 g/mol. The maximum atomic E-state index is 10.2. The minimum Gasteiger partial charge on any atom is -0.342 e. The molecular weight excluding hydrogens is 1470 g/mol. The molecule has 19 aromatic rings. The largest absolute Gasteiger partial charge is 0.342 e. The van der Waals surface area contributed by atoms with E-state index in [-0.39, 0.29) is 59.1 Å². The zero-order valence-electron chi connectivity index (χ0n) is 75.8. The van der Waals surface area contributed by atoms with Crippen LogP contribution in [0.4, 0.5) is 28.4 Å². The van der Waals surface area contributed by atoms with Crippen LogP contribution >= 0.6 is 0 Å². The summed E-state index contributed by atoms with van der Waals surface area (Å²) < 4.78 is 46.4. The number of hydrogen-bond donors (Lipinski definition) is 0. The molecule has 0 bridgehead atoms. The maximum Gasteiger partial charge on any atom is 0.252 e. The maximum absolute atomic E-state index is 10.2. The molecule has 0 atom stereocenters. The predicted molar refractivity (Wildman–Crippen MR) is 522 cm³/mol. The topological polar surface area (TPSA) is 21.3 Å². The first-order valence-corrected chi connectivity index (χ1v) is 43.4. The van der Waals surface area contributed by atoms with Crippen LogP contribution in [0.1, 0.15) is 133 Å². The molecule has 0 N–H and O–H groups in total. The molecule has 3 aromatic heterocycles. The van der Waals surface area contributed by atoms with Crippen molar-refractivity contribution in [2.45, 2.75) is 124 Å². The van der Waals surface area contributed by atoms with Gasteiger partial charge in [0, 0.05) is 96.3 Å². The summed E-state index contributed by atoms with van der Waals surface area (Å²) in [6.07, 6.45) is 1.37. The van der Waals surface area contributed by atoms with Gasteiger partial charge in [0.15, 0.2) is 0 Å². The highest BCUT2D eigenvalue weighted by molar-refractivity contribution is 7.00. The van der Waals surface area contributed by atoms with Crippen LogP contribution in [0.3, 0.4) is 0 Å². The molecule has 0 fully saturated rings. The molecule has 5 nitrogen and oxygen atoms in total. The van der Waals surface area contributed by atoms with E-state index in [4.69, 9.17) is 0 Å². The van der Waals surface area contributed by atoms with Gasteiger partial charge in [0.05, 0.1) is 27.5 Å². The van der Waals surface area contributed by atoms with Crippen molar-refractivity contribution in [3.8, 4) is 55.9 Å². The summed E-state index contributed by atoms with van der Waals surface area (Å²) in [4.78, 5) is 5.26. The SMILES string of the molecule is [2H]c1c([2H])c([2H])c2c(c1[2H])c1cc(-n3c4ccccc4c4ccccc43)ccc1n2Cc1cc2c3c(c1)N(c1cc(-c4ccccc4)cc(-c4ccccc4)c1)c1cc(Cc4cc(C(C)(C)C)cc(C(C)(C)C)c4)ccc1B3c1ccc(-n3c4ccc(C(C)(C)C)cc4c4cc(C(C)(C)C)ccc43)cc1N2CCc1cc(-c2ccccc2)cc(-c2ccccc2)c1. The molecular formula is C116H102BN5. The van der Waals surface area contributed by atoms with Gasteiger partial charge in [0.25, 0.3) is 6.71 Å². The molecule has 0 radical (unpaired) electrons. The van der Waals surface area contributed by atoms with Crippen LogP contribution in [0.15, 0.2) is 352 Å². The van der Waals surface area contributed by atoms with Gasteiger partial charge in [-0.05, 0) is 255 Å². The van der Waals surface area contributed by atoms with Gasteiger partial charge < -0.3 is 23.5 Å². The average Bonchev–Trinajstić information content (AvgIpc) is 0.792. The number of anilines is 5. The highest BCUT2D eigenvalue weighted by atomic mass is 15.2. The Kier molecular flexibility index (Phi) is 17.1. The van der Waals surface area contributed by atoms with E-state index in [1.165, 1.54) is 66.1 Å². The lowest BCUT2D eigenvalue weighted by molar-refractivity contribution is 0.567. The van der Waals surface area contributed by atoms with Crippen molar-refractivity contribution >= 4 is 117 Å². The van der Waals surface area contributed by atoms with Crippen LogP contribution in [0.25, 0.3) is 121 Å². The Bertz CT molecular complexity index is 7350. The smallest absolute Gasteiger partial charge is 0.252 e. The molecule has 5 heterocycles. The quantitative estimate of drug-likeness (QED) is 0.101. The highest BCUT2D eigenvalue weighted by Crippen LogP contribution is 2.49. The number of aromatic nitrogens is 3. The van der Waals surface area contributed by atoms with E-state index in [1.807, 2.05) is 0 Å². The van der Waals surface area contributed by atoms with Crippen LogP contribution in [-0.4, -0.2) is 27.0 Å². The van der Waals surface area contributed by atoms with E-state index in [9.17, 15) is 5.48 Å². The number of fused-ring (bicyclic) bond motifs is 13. The van der Waals surface area contributed by atoms with E-state index in [0.29, 0.717) is 30.3 Å². The molecule has 6 heteroatoms. The van der Waals surface area contributed by atoms with Gasteiger partial charge in [-0.25, -0.2) is 0 Å². The summed E-state index contributed by atoms with van der Waals surface area (Å²) in [5, 5.41) is 5.96. The Morgan fingerprint density at radius 1 is 0.279 bits per heavy atom. The Labute approximate surface area is 724 Å². The van der Waals surface area contributed by atoms with Gasteiger partial charge in [0.1, 0.15) is 0 Å². The molecule has 594 valence electrons. The second kappa shape index (κ2) is 29.2. The fourth-order valence-corrected chi connectivity index (χ4v) is 19.6. The fourth-order valence-electron chi connectivity index (χ4n) is 19.6. The molecule has 0 aliphatic carbocycles. The molecule has 16 aromatic carbocycles. The summed E-state index contributed by atoms with van der Waals surface area (Å²) in [5.41, 5.74) is 35.0. The minimum atomic E-state index is -0.292. The van der Waals surface area contributed by atoms with Crippen molar-refractivity contribution in [2.24, 2.45) is 0 Å². The predicted octanol–water partition coefficient (Wildman–Crippen LogP) is 28.5. The van der Waals surface area contributed by atoms with Crippen molar-refractivity contribution < 1.29 is 5.48 Å². The van der Waals surface area contributed by atoms with Gasteiger partial charge >= 0.3 is 0 Å². The second-order valence-corrected chi connectivity index (χ2v) is 38.3. The van der Waals surface area contributed by atoms with E-state index >= 15 is 0 Å². The number of benzene rings is 16. The summed E-state index contributed by atoms with van der Waals surface area (Å²) in [6.45, 7) is 28.4. The summed E-state index contributed by atoms with van der Waals surface area (Å²) in [7, 11) is 0. The molecule has 21 rings (SSSR count). The molecule has 0 saturated carbocycles. The summed E-state index contributed by atoms with van der Waals surface area (Å²) >= 11 is 0. The van der Waals surface area contributed by atoms with Crippen LogP contribution < -0.4 is 26.2 Å². The third-order valence-corrected chi connectivity index (χ3v) is 26.0. The Morgan fingerprint density at radius 3 is 1.26 bits per heavy atom. The van der Waals surface area contributed by atoms with E-state index in [1.54, 1.807) is 0 Å². The third kappa shape index (κ3) is 13.4. The summed E-state index contributed by atoms with van der Waals surface area (Å²) in [6, 6.07) is 122. The molecule has 122 heavy (non-hydrogen) atoms. The lowest BCUT2D eigenvalue weighted by atomic mass is 9.33. The first kappa shape index (κ1) is 71.5. The van der Waals surface area contributed by atoms with E-state index in [0.717, 1.165) is 134 Å². The zero-order valence-corrected chi connectivity index (χ0v) is 71.8. The number of nitrogens with zero attached hydrogens (tertiary/aromatic N) is 5. The molecule has 0 saturated heterocycles. The van der Waals surface area contributed by atoms with Crippen molar-refractivity contribution in [3.05, 3.63) is 396 Å². The Hall–Kier alpha value is -13.4. The van der Waals surface area contributed by atoms with E-state index < -0.39 is 0 Å². The van der Waals surface area contributed by atoms with E-state index in [2.05, 4.69) is 434 Å². The second-order valence-electron chi connectivity index (χ2n) is 38.3. The fraction of sp³-hybridized carbons (Fsp3) is 0.172. The van der Waals surface area contributed by atoms with Crippen LogP contribution in [0.2, 0.25) is 0 Å². The Morgan fingerprint density at radius 2 is 0.721 bits per heavy atom. The molecule has 0 amide bonds. The van der Waals surface area contributed by atoms with Crippen molar-refractivity contribution in [1.82, 2.24) is 13.7 Å². The third-order valence-electron chi connectivity index (χ3n) is 26.0. The number of para-hydroxylation sites is 3.